The molecular formula is C42H52N10O6. The quantitative estimate of drug-likeness (QED) is 0.109. The molecule has 0 saturated carbocycles. The number of amides is 4. The van der Waals surface area contributed by atoms with Gasteiger partial charge in [0.25, 0.3) is 0 Å². The number of aromatic nitrogens is 6. The van der Waals surface area contributed by atoms with Gasteiger partial charge in [0.2, 0.25) is 11.8 Å². The predicted octanol–water partition coefficient (Wildman–Crippen LogP) is 6.43. The summed E-state index contributed by atoms with van der Waals surface area (Å²) in [5.41, 5.74) is 5.57. The number of alkyl carbamates (subject to hydrolysis) is 2. The molecule has 2 aromatic carbocycles. The van der Waals surface area contributed by atoms with E-state index < -0.39 is 24.3 Å². The molecule has 4 amide bonds. The Labute approximate surface area is 336 Å². The summed E-state index contributed by atoms with van der Waals surface area (Å²) in [5.74, 6) is 0.978. The van der Waals surface area contributed by atoms with E-state index in [2.05, 4.69) is 30.8 Å². The highest BCUT2D eigenvalue weighted by Crippen LogP contribution is 2.35. The smallest absolute Gasteiger partial charge is 0.407 e. The largest absolute Gasteiger partial charge is 0.453 e. The maximum absolute atomic E-state index is 13.8. The Morgan fingerprint density at radius 1 is 0.759 bits per heavy atom. The molecule has 0 bridgehead atoms. The molecule has 4 N–H and O–H groups in total. The van der Waals surface area contributed by atoms with Crippen LogP contribution in [0, 0.1) is 11.8 Å². The first kappa shape index (κ1) is 40.1. The number of H-pyrrole nitrogens is 2. The van der Waals surface area contributed by atoms with Gasteiger partial charge in [-0.3, -0.25) is 9.59 Å². The Balaban J connectivity index is 1.07. The number of hydrogen-bond acceptors (Lipinski definition) is 10. The molecule has 0 radical (unpaired) electrons. The van der Waals surface area contributed by atoms with Crippen LogP contribution in [0.4, 0.5) is 9.59 Å². The third-order valence-corrected chi connectivity index (χ3v) is 11.9. The van der Waals surface area contributed by atoms with E-state index in [9.17, 15) is 19.2 Å². The van der Waals surface area contributed by atoms with Gasteiger partial charge in [-0.05, 0) is 61.8 Å². The lowest BCUT2D eigenvalue weighted by Crippen LogP contribution is -2.51. The van der Waals surface area contributed by atoms with Crippen LogP contribution in [0.2, 0.25) is 0 Å². The van der Waals surface area contributed by atoms with E-state index in [0.717, 1.165) is 71.8 Å². The van der Waals surface area contributed by atoms with Crippen molar-refractivity contribution in [1.82, 2.24) is 50.6 Å². The van der Waals surface area contributed by atoms with Gasteiger partial charge in [-0.15, -0.1) is 10.2 Å². The van der Waals surface area contributed by atoms with E-state index in [1.165, 1.54) is 14.2 Å². The number of nitrogens with one attached hydrogen (secondary N) is 4. The molecule has 58 heavy (non-hydrogen) atoms. The molecular weight excluding hydrogens is 741 g/mol. The fourth-order valence-electron chi connectivity index (χ4n) is 8.07. The van der Waals surface area contributed by atoms with Gasteiger partial charge in [0.1, 0.15) is 23.7 Å². The fraction of sp³-hybridized carbons (Fsp3) is 0.476. The number of carbonyl (C=O) groups excluding carboxylic acids is 4. The molecule has 0 aliphatic carbocycles. The molecule has 2 aliphatic heterocycles. The maximum atomic E-state index is 13.8. The second-order valence-electron chi connectivity index (χ2n) is 15.4. The van der Waals surface area contributed by atoms with Crippen LogP contribution in [-0.4, -0.2) is 103 Å². The summed E-state index contributed by atoms with van der Waals surface area (Å²) in [6, 6.07) is 12.0. The summed E-state index contributed by atoms with van der Waals surface area (Å²) < 4.78 is 9.61. The van der Waals surface area contributed by atoms with Crippen LogP contribution in [0.3, 0.4) is 0 Å². The van der Waals surface area contributed by atoms with Crippen molar-refractivity contribution in [2.45, 2.75) is 90.4 Å². The number of rotatable bonds is 12. The Bertz CT molecular complexity index is 2310. The van der Waals surface area contributed by atoms with Crippen molar-refractivity contribution in [2.75, 3.05) is 27.3 Å². The standard InChI is InChI=1S/C42H52N10O6/c1-7-23(3)35(47-41(55)57-5)39(53)51-17-9-11-33(51)37-43-22-32(46-37)27-14-13-25-19-29(49-50-30(25)20-27)26-15-16-28-31(21-26)45-38(44-28)34-12-10-18-52(34)40(54)36(24(4)8-2)48-42(56)58-6/h13-16,19-24,33-36H,7-12,17-18H2,1-6H3,(H,43,46)(H,44,45)(H,47,55)(H,48,56)/t23-,24-,33-,34-,35-,36-/m0/s1. The van der Waals surface area contributed by atoms with Crippen molar-refractivity contribution in [3.63, 3.8) is 0 Å². The summed E-state index contributed by atoms with van der Waals surface area (Å²) in [7, 11) is 2.59. The van der Waals surface area contributed by atoms with Crippen LogP contribution in [0.1, 0.15) is 90.0 Å². The molecule has 16 nitrogen and oxygen atoms in total. The number of likely N-dealkylation sites (tertiary alicyclic amines) is 2. The summed E-state index contributed by atoms with van der Waals surface area (Å²) in [6.07, 6.45) is 5.15. The molecule has 2 fully saturated rings. The number of benzene rings is 2. The zero-order valence-corrected chi connectivity index (χ0v) is 33.9. The second kappa shape index (κ2) is 17.2. The number of carbonyl (C=O) groups is 4. The normalized spacial score (nSPS) is 18.9. The lowest BCUT2D eigenvalue weighted by molar-refractivity contribution is -0.136. The number of fused-ring (bicyclic) bond motifs is 2. The third-order valence-electron chi connectivity index (χ3n) is 11.9. The van der Waals surface area contributed by atoms with Gasteiger partial charge in [0.15, 0.2) is 0 Å². The summed E-state index contributed by atoms with van der Waals surface area (Å²) in [5, 5.41) is 15.6. The van der Waals surface area contributed by atoms with Crippen molar-refractivity contribution < 1.29 is 28.7 Å². The van der Waals surface area contributed by atoms with E-state index in [4.69, 9.17) is 19.4 Å². The van der Waals surface area contributed by atoms with Crippen LogP contribution < -0.4 is 10.6 Å². The molecule has 3 aromatic heterocycles. The number of ether oxygens (including phenoxy) is 2. The highest BCUT2D eigenvalue weighted by Gasteiger charge is 2.39. The van der Waals surface area contributed by atoms with E-state index in [1.807, 2.05) is 80.0 Å². The van der Waals surface area contributed by atoms with Gasteiger partial charge in [-0.1, -0.05) is 58.7 Å². The minimum atomic E-state index is -0.694. The monoisotopic (exact) mass is 792 g/mol. The first-order valence-electron chi connectivity index (χ1n) is 20.2. The van der Waals surface area contributed by atoms with Crippen molar-refractivity contribution in [3.05, 3.63) is 60.3 Å². The van der Waals surface area contributed by atoms with Crippen LogP contribution >= 0.6 is 0 Å². The lowest BCUT2D eigenvalue weighted by Gasteiger charge is -2.30. The summed E-state index contributed by atoms with van der Waals surface area (Å²) >= 11 is 0. The van der Waals surface area contributed by atoms with Crippen molar-refractivity contribution >= 4 is 45.9 Å². The molecule has 0 unspecified atom stereocenters. The van der Waals surface area contributed by atoms with Gasteiger partial charge in [-0.25, -0.2) is 19.6 Å². The number of imidazole rings is 2. The number of nitrogens with zero attached hydrogens (tertiary/aromatic N) is 6. The minimum absolute atomic E-state index is 0.0697. The Kier molecular flexibility index (Phi) is 11.9. The van der Waals surface area contributed by atoms with Gasteiger partial charge >= 0.3 is 12.2 Å². The number of methoxy groups -OCH3 is 2. The molecule has 2 saturated heterocycles. The Hall–Kier alpha value is -6.06. The van der Waals surface area contributed by atoms with Gasteiger partial charge < -0.3 is 39.9 Å². The van der Waals surface area contributed by atoms with Crippen LogP contribution in [0.25, 0.3) is 44.5 Å². The predicted molar refractivity (Wildman–Crippen MR) is 217 cm³/mol. The molecule has 5 aromatic rings. The van der Waals surface area contributed by atoms with Crippen LogP contribution in [-0.2, 0) is 19.1 Å². The topological polar surface area (TPSA) is 200 Å². The highest BCUT2D eigenvalue weighted by molar-refractivity contribution is 5.89. The van der Waals surface area contributed by atoms with Crippen LogP contribution in [0.15, 0.2) is 48.7 Å². The van der Waals surface area contributed by atoms with E-state index in [1.54, 1.807) is 6.20 Å². The van der Waals surface area contributed by atoms with Gasteiger partial charge in [0, 0.05) is 29.6 Å². The molecule has 2 aliphatic rings. The summed E-state index contributed by atoms with van der Waals surface area (Å²) in [6.45, 7) is 9.03. The molecule has 5 heterocycles. The van der Waals surface area contributed by atoms with Crippen molar-refractivity contribution in [3.8, 4) is 22.5 Å². The fourth-order valence-corrected chi connectivity index (χ4v) is 8.07. The lowest BCUT2D eigenvalue weighted by atomic mass is 9.97. The molecule has 0 spiro atoms. The average molecular weight is 793 g/mol. The van der Waals surface area contributed by atoms with E-state index in [0.29, 0.717) is 35.9 Å². The molecule has 306 valence electrons. The van der Waals surface area contributed by atoms with Gasteiger partial charge in [0.05, 0.1) is 60.4 Å². The second-order valence-corrected chi connectivity index (χ2v) is 15.4. The highest BCUT2D eigenvalue weighted by atomic mass is 16.5. The molecule has 7 rings (SSSR count). The zero-order valence-electron chi connectivity index (χ0n) is 33.9. The van der Waals surface area contributed by atoms with Crippen molar-refractivity contribution in [2.24, 2.45) is 11.8 Å². The minimum Gasteiger partial charge on any atom is -0.453 e. The average Bonchev–Trinajstić information content (AvgIpc) is 4.09. The Morgan fingerprint density at radius 3 is 1.97 bits per heavy atom. The molecule has 16 heteroatoms. The number of aromatic amines is 2. The molecule has 6 atom stereocenters. The Morgan fingerprint density at radius 2 is 1.36 bits per heavy atom. The van der Waals surface area contributed by atoms with Gasteiger partial charge in [-0.2, -0.15) is 0 Å². The van der Waals surface area contributed by atoms with E-state index >= 15 is 0 Å². The zero-order chi connectivity index (χ0) is 41.1. The van der Waals surface area contributed by atoms with Crippen LogP contribution in [0.5, 0.6) is 0 Å². The number of hydrogen-bond donors (Lipinski definition) is 4. The maximum Gasteiger partial charge on any atom is 0.407 e. The first-order chi connectivity index (χ1) is 28.0. The van der Waals surface area contributed by atoms with Crippen molar-refractivity contribution in [1.29, 1.82) is 0 Å². The van der Waals surface area contributed by atoms with E-state index in [-0.39, 0.29) is 35.7 Å². The first-order valence-corrected chi connectivity index (χ1v) is 20.2. The third kappa shape index (κ3) is 8.04. The SMILES string of the molecule is CC[C@H](C)[C@H](NC(=O)OC)C(=O)N1CCC[C@H]1c1ncc(-c2ccc3cc(-c4ccc5nc([C@@H]6CCCN6C(=O)[C@@H](NC(=O)OC)[C@@H](C)CC)[nH]c5c4)nnc3c2)[nH]1. The summed E-state index contributed by atoms with van der Waals surface area (Å²) in [4.78, 5) is 71.8.